The number of nitrogens with zero attached hydrogens (tertiary/aromatic N) is 1. The summed E-state index contributed by atoms with van der Waals surface area (Å²) in [6.45, 7) is 9.46. The topological polar surface area (TPSA) is 119 Å². The molecule has 0 aliphatic carbocycles. The van der Waals surface area contributed by atoms with E-state index in [0.717, 1.165) is 47.4 Å². The van der Waals surface area contributed by atoms with Crippen molar-refractivity contribution in [2.45, 2.75) is 83.8 Å². The van der Waals surface area contributed by atoms with Crippen LogP contribution in [0.25, 0.3) is 0 Å². The van der Waals surface area contributed by atoms with Crippen LogP contribution < -0.4 is 15.4 Å². The van der Waals surface area contributed by atoms with Gasteiger partial charge in [-0.3, -0.25) is 9.69 Å². The Hall–Kier alpha value is -4.74. The van der Waals surface area contributed by atoms with Gasteiger partial charge in [-0.2, -0.15) is 0 Å². The fraction of sp³-hybridized carbons (Fsp3) is 0.381. The average molecular weight is 708 g/mol. The van der Waals surface area contributed by atoms with Crippen LogP contribution in [0.3, 0.4) is 0 Å². The number of hydrogen-bond acceptors (Lipinski definition) is 8. The van der Waals surface area contributed by atoms with Gasteiger partial charge in [0.25, 0.3) is 0 Å². The van der Waals surface area contributed by atoms with Crippen molar-refractivity contribution in [2.24, 2.45) is 5.92 Å². The summed E-state index contributed by atoms with van der Waals surface area (Å²) >= 11 is 0. The Morgan fingerprint density at radius 3 is 2.17 bits per heavy atom. The number of aliphatic hydroxyl groups excluding tert-OH is 1. The number of carbonyl (C=O) groups excluding carboxylic acids is 2. The Bertz CT molecular complexity index is 1760. The quantitative estimate of drug-likeness (QED) is 0.135. The molecule has 52 heavy (non-hydrogen) atoms. The highest BCUT2D eigenvalue weighted by molar-refractivity contribution is 5.89. The van der Waals surface area contributed by atoms with E-state index < -0.39 is 11.9 Å². The first kappa shape index (κ1) is 37.0. The lowest BCUT2D eigenvalue weighted by molar-refractivity contribution is -0.276. The van der Waals surface area contributed by atoms with Gasteiger partial charge in [0.2, 0.25) is 0 Å². The predicted octanol–water partition coefficient (Wildman–Crippen LogP) is 7.89. The maximum absolute atomic E-state index is 13.1. The van der Waals surface area contributed by atoms with E-state index in [2.05, 4.69) is 22.5 Å². The highest BCUT2D eigenvalue weighted by Gasteiger charge is 2.42. The summed E-state index contributed by atoms with van der Waals surface area (Å²) in [5.41, 5.74) is 3.69. The Balaban J connectivity index is 1.09. The van der Waals surface area contributed by atoms with E-state index >= 15 is 0 Å². The van der Waals surface area contributed by atoms with Crippen molar-refractivity contribution in [3.8, 4) is 11.5 Å². The molecule has 0 unspecified atom stereocenters. The lowest BCUT2D eigenvalue weighted by Gasteiger charge is -2.43. The highest BCUT2D eigenvalue weighted by Crippen LogP contribution is 2.42. The first-order chi connectivity index (χ1) is 25.0. The molecule has 10 heteroatoms. The molecule has 2 amide bonds. The monoisotopic (exact) mass is 707 g/mol. The minimum atomic E-state index is -0.648. The van der Waals surface area contributed by atoms with Crippen LogP contribution in [0.4, 0.5) is 10.5 Å². The highest BCUT2D eigenvalue weighted by atomic mass is 16.7. The molecule has 0 saturated carbocycles. The van der Waals surface area contributed by atoms with Gasteiger partial charge < -0.3 is 34.7 Å². The van der Waals surface area contributed by atoms with Gasteiger partial charge in [0.1, 0.15) is 23.1 Å². The summed E-state index contributed by atoms with van der Waals surface area (Å²) in [4.78, 5) is 28.0. The molecule has 0 aromatic heterocycles. The molecule has 6 rings (SSSR count). The smallest absolute Gasteiger partial charge is 0.323 e. The molecular formula is C42H49N3O7. The molecule has 0 spiro atoms. The minimum Gasteiger partial charge on any atom is -0.459 e. The molecule has 4 aromatic carbocycles. The summed E-state index contributed by atoms with van der Waals surface area (Å²) in [5, 5.41) is 15.4. The van der Waals surface area contributed by atoms with Gasteiger partial charge in [0, 0.05) is 30.3 Å². The van der Waals surface area contributed by atoms with E-state index in [9.17, 15) is 14.7 Å². The summed E-state index contributed by atoms with van der Waals surface area (Å²) in [7, 11) is 0. The standard InChI is InChI=1S/C42H49N3O7/c1-28-37(26-45-24-8-11-36(45)39(47)52-42(2,3)4)50-40(51-38(28)31-16-14-30(27-46)15-17-31)32-18-12-29(13-19-32)25-43-41(48)44-33-20-22-35(23-21-33)49-34-9-6-5-7-10-34/h5-7,9-10,12-23,28,36-38,40,46H,8,11,24-27H2,1-4H3,(H2,43,44,48)/t28-,36-,37+,38+,40+/m0/s1. The zero-order valence-electron chi connectivity index (χ0n) is 30.3. The van der Waals surface area contributed by atoms with Crippen molar-refractivity contribution in [1.82, 2.24) is 10.2 Å². The second kappa shape index (κ2) is 16.7. The summed E-state index contributed by atoms with van der Waals surface area (Å²) < 4.78 is 24.9. The van der Waals surface area contributed by atoms with Gasteiger partial charge in [0.15, 0.2) is 6.29 Å². The number of hydrogen-bond donors (Lipinski definition) is 3. The number of ether oxygens (including phenoxy) is 4. The third-order valence-electron chi connectivity index (χ3n) is 9.38. The van der Waals surface area contributed by atoms with Gasteiger partial charge >= 0.3 is 12.0 Å². The normalized spacial score (nSPS) is 22.1. The molecule has 2 fully saturated rings. The predicted molar refractivity (Wildman–Crippen MR) is 199 cm³/mol. The van der Waals surface area contributed by atoms with E-state index in [1.54, 1.807) is 24.3 Å². The van der Waals surface area contributed by atoms with Crippen LogP contribution in [0.15, 0.2) is 103 Å². The van der Waals surface area contributed by atoms with Crippen LogP contribution in [0.5, 0.6) is 11.5 Å². The number of anilines is 1. The number of rotatable bonds is 11. The largest absolute Gasteiger partial charge is 0.459 e. The number of benzene rings is 4. The number of esters is 1. The average Bonchev–Trinajstić information content (AvgIpc) is 3.61. The van der Waals surface area contributed by atoms with Gasteiger partial charge in [-0.1, -0.05) is 73.7 Å². The zero-order chi connectivity index (χ0) is 36.7. The Kier molecular flexibility index (Phi) is 11.9. The van der Waals surface area contributed by atoms with Crippen molar-refractivity contribution in [2.75, 3.05) is 18.4 Å². The maximum atomic E-state index is 13.1. The fourth-order valence-corrected chi connectivity index (χ4v) is 6.62. The fourth-order valence-electron chi connectivity index (χ4n) is 6.62. The summed E-state index contributed by atoms with van der Waals surface area (Å²) in [6, 6.07) is 31.7. The zero-order valence-corrected chi connectivity index (χ0v) is 30.3. The van der Waals surface area contributed by atoms with Crippen molar-refractivity contribution in [1.29, 1.82) is 0 Å². The third-order valence-corrected chi connectivity index (χ3v) is 9.38. The van der Waals surface area contributed by atoms with E-state index in [0.29, 0.717) is 24.5 Å². The Labute approximate surface area is 306 Å². The lowest BCUT2D eigenvalue weighted by Crippen LogP contribution is -2.48. The third kappa shape index (κ3) is 9.77. The van der Waals surface area contributed by atoms with Gasteiger partial charge in [-0.15, -0.1) is 0 Å². The van der Waals surface area contributed by atoms with Crippen LogP contribution in [-0.2, 0) is 32.2 Å². The first-order valence-corrected chi connectivity index (χ1v) is 18.0. The molecule has 0 radical (unpaired) electrons. The molecule has 2 saturated heterocycles. The molecule has 0 bridgehead atoms. The number of aliphatic hydroxyl groups is 1. The number of para-hydroxylation sites is 1. The van der Waals surface area contributed by atoms with E-state index in [1.165, 1.54) is 0 Å². The van der Waals surface area contributed by atoms with Crippen molar-refractivity contribution in [3.63, 3.8) is 0 Å². The van der Waals surface area contributed by atoms with Gasteiger partial charge in [-0.05, 0) is 93.2 Å². The van der Waals surface area contributed by atoms with Crippen LogP contribution in [-0.4, -0.2) is 52.8 Å². The Morgan fingerprint density at radius 1 is 0.846 bits per heavy atom. The molecule has 4 aromatic rings. The SMILES string of the molecule is C[C@H]1[C@@H](CN2CCC[C@H]2C(=O)OC(C)(C)C)O[C@@H](c2ccc(CNC(=O)Nc3ccc(Oc4ccccc4)cc3)cc2)O[C@H]1c1ccc(CO)cc1. The van der Waals surface area contributed by atoms with Gasteiger partial charge in [0.05, 0.1) is 18.8 Å². The molecule has 2 heterocycles. The molecule has 5 atom stereocenters. The molecule has 3 N–H and O–H groups in total. The summed E-state index contributed by atoms with van der Waals surface area (Å²) in [5.74, 6) is 1.20. The molecule has 10 nitrogen and oxygen atoms in total. The van der Waals surface area contributed by atoms with E-state index in [1.807, 2.05) is 99.6 Å². The van der Waals surface area contributed by atoms with Gasteiger partial charge in [-0.25, -0.2) is 4.79 Å². The summed E-state index contributed by atoms with van der Waals surface area (Å²) in [6.07, 6.45) is 0.522. The molecular weight excluding hydrogens is 658 g/mol. The molecule has 2 aliphatic rings. The minimum absolute atomic E-state index is 0.0225. The van der Waals surface area contributed by atoms with Crippen molar-refractivity contribution in [3.05, 3.63) is 125 Å². The van der Waals surface area contributed by atoms with Crippen LogP contribution in [0.1, 0.15) is 75.2 Å². The molecule has 274 valence electrons. The van der Waals surface area contributed by atoms with Crippen LogP contribution >= 0.6 is 0 Å². The number of carbonyl (C=O) groups is 2. The number of nitrogens with one attached hydrogen (secondary N) is 2. The van der Waals surface area contributed by atoms with Crippen LogP contribution in [0, 0.1) is 5.92 Å². The lowest BCUT2D eigenvalue weighted by atomic mass is 9.90. The van der Waals surface area contributed by atoms with E-state index in [-0.39, 0.29) is 42.8 Å². The van der Waals surface area contributed by atoms with Crippen molar-refractivity contribution < 1.29 is 33.6 Å². The van der Waals surface area contributed by atoms with Crippen LogP contribution in [0.2, 0.25) is 0 Å². The van der Waals surface area contributed by atoms with Crippen molar-refractivity contribution >= 4 is 17.7 Å². The number of amides is 2. The number of likely N-dealkylation sites (tertiary alicyclic amines) is 1. The first-order valence-electron chi connectivity index (χ1n) is 18.0. The second-order valence-corrected chi connectivity index (χ2v) is 14.5. The maximum Gasteiger partial charge on any atom is 0.323 e. The Morgan fingerprint density at radius 2 is 1.50 bits per heavy atom. The second-order valence-electron chi connectivity index (χ2n) is 14.5. The molecule has 2 aliphatic heterocycles. The van der Waals surface area contributed by atoms with E-state index in [4.69, 9.17) is 18.9 Å². The number of urea groups is 1.